The molecule has 0 heterocycles. The summed E-state index contributed by atoms with van der Waals surface area (Å²) in [6.45, 7) is 2.25. The molecule has 3 rings (SSSR count). The topological polar surface area (TPSA) is 97.2 Å². The van der Waals surface area contributed by atoms with Crippen LogP contribution >= 0.6 is 22.6 Å². The largest absolute Gasteiger partial charge is 0.490 e. The number of anilines is 1. The molecule has 2 N–H and O–H groups in total. The maximum absolute atomic E-state index is 12.4. The van der Waals surface area contributed by atoms with Gasteiger partial charge in [-0.2, -0.15) is 5.10 Å². The maximum atomic E-state index is 12.4. The van der Waals surface area contributed by atoms with Crippen molar-refractivity contribution in [3.05, 3.63) is 87.0 Å². The number of aromatic carboxylic acids is 1. The molecule has 3 aromatic rings. The molecule has 0 aliphatic rings. The number of rotatable bonds is 8. The molecule has 0 aliphatic carbocycles. The third-order valence-corrected chi connectivity index (χ3v) is 4.88. The van der Waals surface area contributed by atoms with Crippen LogP contribution in [-0.4, -0.2) is 29.9 Å². The van der Waals surface area contributed by atoms with Crippen LogP contribution < -0.4 is 14.9 Å². The second-order valence-corrected chi connectivity index (χ2v) is 7.43. The van der Waals surface area contributed by atoms with E-state index in [1.54, 1.807) is 48.7 Å². The van der Waals surface area contributed by atoms with Gasteiger partial charge in [0, 0.05) is 0 Å². The number of benzene rings is 3. The van der Waals surface area contributed by atoms with E-state index in [1.807, 2.05) is 19.1 Å². The van der Waals surface area contributed by atoms with Crippen molar-refractivity contribution in [2.75, 3.05) is 12.0 Å². The summed E-state index contributed by atoms with van der Waals surface area (Å²) in [7, 11) is 0. The van der Waals surface area contributed by atoms with Gasteiger partial charge in [0.15, 0.2) is 11.5 Å². The molecule has 0 saturated heterocycles. The molecule has 7 nitrogen and oxygen atoms in total. The summed E-state index contributed by atoms with van der Waals surface area (Å²) in [5.74, 6) is -0.662. The van der Waals surface area contributed by atoms with E-state index in [9.17, 15) is 9.59 Å². The zero-order valence-corrected chi connectivity index (χ0v) is 18.7. The number of hydrazone groups is 1. The summed E-state index contributed by atoms with van der Waals surface area (Å²) in [6.07, 6.45) is 1.60. The third kappa shape index (κ3) is 6.05. The van der Waals surface area contributed by atoms with Gasteiger partial charge in [-0.15, -0.1) is 0 Å². The number of carbonyl (C=O) groups is 2. The molecule has 0 bridgehead atoms. The molecule has 0 saturated carbocycles. The first-order valence-corrected chi connectivity index (χ1v) is 10.4. The molecule has 0 aliphatic heterocycles. The number of carbonyl (C=O) groups excluding carboxylic acids is 1. The first-order valence-electron chi connectivity index (χ1n) is 9.34. The van der Waals surface area contributed by atoms with E-state index in [-0.39, 0.29) is 5.56 Å². The van der Waals surface area contributed by atoms with Crippen LogP contribution in [0.2, 0.25) is 0 Å². The summed E-state index contributed by atoms with van der Waals surface area (Å²) in [5, 5.41) is 13.1. The Bertz CT molecular complexity index is 1100. The fraction of sp³-hybridized carbons (Fsp3) is 0.0870. The Hall–Kier alpha value is -3.40. The van der Waals surface area contributed by atoms with Crippen molar-refractivity contribution >= 4 is 46.4 Å². The van der Waals surface area contributed by atoms with Crippen molar-refractivity contribution < 1.29 is 24.2 Å². The van der Waals surface area contributed by atoms with Gasteiger partial charge in [-0.25, -0.2) is 9.59 Å². The summed E-state index contributed by atoms with van der Waals surface area (Å²) in [5.41, 5.74) is 4.88. The van der Waals surface area contributed by atoms with E-state index in [1.165, 1.54) is 12.1 Å². The number of nitrogens with zero attached hydrogens (tertiary/aromatic N) is 1. The van der Waals surface area contributed by atoms with Gasteiger partial charge >= 0.3 is 11.9 Å². The van der Waals surface area contributed by atoms with Crippen LogP contribution in [0.15, 0.2) is 71.8 Å². The highest BCUT2D eigenvalue weighted by atomic mass is 127. The van der Waals surface area contributed by atoms with E-state index in [0.29, 0.717) is 32.9 Å². The molecule has 0 atom stereocenters. The van der Waals surface area contributed by atoms with Crippen LogP contribution in [0, 0.1) is 3.57 Å². The van der Waals surface area contributed by atoms with Gasteiger partial charge < -0.3 is 14.6 Å². The van der Waals surface area contributed by atoms with Crippen LogP contribution in [-0.2, 0) is 0 Å². The molecule has 0 unspecified atom stereocenters. The van der Waals surface area contributed by atoms with Gasteiger partial charge in [-0.3, -0.25) is 5.43 Å². The fourth-order valence-corrected chi connectivity index (χ4v) is 3.35. The van der Waals surface area contributed by atoms with Crippen molar-refractivity contribution in [2.24, 2.45) is 5.10 Å². The second-order valence-electron chi connectivity index (χ2n) is 6.27. The van der Waals surface area contributed by atoms with Crippen molar-refractivity contribution in [3.63, 3.8) is 0 Å². The predicted octanol–water partition coefficient (Wildman–Crippen LogP) is 5.05. The summed E-state index contributed by atoms with van der Waals surface area (Å²) in [6, 6.07) is 18.5. The lowest BCUT2D eigenvalue weighted by Crippen LogP contribution is -2.11. The second kappa shape index (κ2) is 10.6. The van der Waals surface area contributed by atoms with E-state index in [2.05, 4.69) is 33.1 Å². The Balaban J connectivity index is 1.76. The molecular weight excluding hydrogens is 511 g/mol. The molecule has 0 spiro atoms. The average molecular weight is 530 g/mol. The molecule has 158 valence electrons. The zero-order chi connectivity index (χ0) is 22.2. The van der Waals surface area contributed by atoms with E-state index in [0.717, 1.165) is 5.56 Å². The smallest absolute Gasteiger partial charge is 0.343 e. The number of ether oxygens (including phenoxy) is 2. The molecular formula is C23H19IN2O5. The van der Waals surface area contributed by atoms with E-state index in [4.69, 9.17) is 14.6 Å². The lowest BCUT2D eigenvalue weighted by atomic mass is 10.2. The molecule has 3 aromatic carbocycles. The van der Waals surface area contributed by atoms with Gasteiger partial charge in [0.05, 0.1) is 33.2 Å². The summed E-state index contributed by atoms with van der Waals surface area (Å²) < 4.78 is 12.0. The van der Waals surface area contributed by atoms with Crippen LogP contribution in [0.25, 0.3) is 0 Å². The fourth-order valence-electron chi connectivity index (χ4n) is 2.62. The van der Waals surface area contributed by atoms with Crippen LogP contribution in [0.4, 0.5) is 5.69 Å². The Morgan fingerprint density at radius 1 is 1.06 bits per heavy atom. The lowest BCUT2D eigenvalue weighted by molar-refractivity contribution is 0.0694. The van der Waals surface area contributed by atoms with E-state index < -0.39 is 11.9 Å². The van der Waals surface area contributed by atoms with Gasteiger partial charge in [-0.05, 0) is 83.6 Å². The van der Waals surface area contributed by atoms with Gasteiger partial charge in [0.25, 0.3) is 0 Å². The SMILES string of the molecule is CCOc1cc(/C=N\Nc2ccc(C(=O)O)cc2)cc(I)c1OC(=O)c1ccccc1. The third-order valence-electron chi connectivity index (χ3n) is 4.08. The Labute approximate surface area is 192 Å². The number of halogens is 1. The first kappa shape index (κ1) is 22.3. The average Bonchev–Trinajstić information content (AvgIpc) is 2.77. The Kier molecular flexibility index (Phi) is 7.60. The minimum Gasteiger partial charge on any atom is -0.490 e. The van der Waals surface area contributed by atoms with Crippen molar-refractivity contribution in [2.45, 2.75) is 6.92 Å². The minimum atomic E-state index is -0.985. The van der Waals surface area contributed by atoms with Crippen LogP contribution in [0.5, 0.6) is 11.5 Å². The van der Waals surface area contributed by atoms with Gasteiger partial charge in [-0.1, -0.05) is 18.2 Å². The van der Waals surface area contributed by atoms with Crippen molar-refractivity contribution in [1.82, 2.24) is 0 Å². The van der Waals surface area contributed by atoms with E-state index >= 15 is 0 Å². The standard InChI is InChI=1S/C23H19IN2O5/c1-2-30-20-13-15(14-25-26-18-10-8-16(9-11-18)22(27)28)12-19(24)21(20)31-23(29)17-6-4-3-5-7-17/h3-14,26H,2H2,1H3,(H,27,28)/b25-14-. The highest BCUT2D eigenvalue weighted by Crippen LogP contribution is 2.34. The normalized spacial score (nSPS) is 10.6. The minimum absolute atomic E-state index is 0.200. The lowest BCUT2D eigenvalue weighted by Gasteiger charge is -2.13. The maximum Gasteiger partial charge on any atom is 0.343 e. The van der Waals surface area contributed by atoms with Gasteiger partial charge in [0.1, 0.15) is 0 Å². The molecule has 0 amide bonds. The summed E-state index contributed by atoms with van der Waals surface area (Å²) >= 11 is 2.08. The van der Waals surface area contributed by atoms with Gasteiger partial charge in [0.2, 0.25) is 0 Å². The Morgan fingerprint density at radius 3 is 2.42 bits per heavy atom. The zero-order valence-electron chi connectivity index (χ0n) is 16.5. The number of nitrogens with one attached hydrogen (secondary N) is 1. The number of hydrogen-bond acceptors (Lipinski definition) is 6. The number of carboxylic acids is 1. The molecule has 0 fully saturated rings. The first-order chi connectivity index (χ1) is 15.0. The van der Waals surface area contributed by atoms with Crippen molar-refractivity contribution in [3.8, 4) is 11.5 Å². The number of esters is 1. The molecule has 8 heteroatoms. The molecule has 31 heavy (non-hydrogen) atoms. The summed E-state index contributed by atoms with van der Waals surface area (Å²) in [4.78, 5) is 23.4. The monoisotopic (exact) mass is 530 g/mol. The molecule has 0 aromatic heterocycles. The predicted molar refractivity (Wildman–Crippen MR) is 126 cm³/mol. The number of carboxylic acid groups (broad SMARTS) is 1. The number of hydrogen-bond donors (Lipinski definition) is 2. The quantitative estimate of drug-likeness (QED) is 0.139. The van der Waals surface area contributed by atoms with Crippen LogP contribution in [0.1, 0.15) is 33.2 Å². The Morgan fingerprint density at radius 2 is 1.77 bits per heavy atom. The molecule has 0 radical (unpaired) electrons. The van der Waals surface area contributed by atoms with Crippen LogP contribution in [0.3, 0.4) is 0 Å². The highest BCUT2D eigenvalue weighted by molar-refractivity contribution is 14.1. The van der Waals surface area contributed by atoms with Crippen molar-refractivity contribution in [1.29, 1.82) is 0 Å². The highest BCUT2D eigenvalue weighted by Gasteiger charge is 2.17.